The number of nitro benzene ring substituents is 1. The maximum absolute atomic E-state index is 13.5. The lowest BCUT2D eigenvalue weighted by molar-refractivity contribution is -0.387. The van der Waals surface area contributed by atoms with Gasteiger partial charge in [-0.25, -0.2) is 17.5 Å². The van der Waals surface area contributed by atoms with Crippen LogP contribution < -0.4 is 4.72 Å². The number of carboxylic acids is 1. The molecule has 0 saturated heterocycles. The average molecular weight is 324 g/mol. The van der Waals surface area contributed by atoms with Crippen molar-refractivity contribution in [3.05, 3.63) is 33.9 Å². The maximum Gasteiger partial charge on any atom is 0.307 e. The fourth-order valence-electron chi connectivity index (χ4n) is 1.26. The van der Waals surface area contributed by atoms with E-state index >= 15 is 0 Å². The number of nitro groups is 1. The Morgan fingerprint density at radius 1 is 1.43 bits per heavy atom. The number of hydrogen-bond donors (Lipinski definition) is 2. The van der Waals surface area contributed by atoms with Gasteiger partial charge in [-0.2, -0.15) is 4.39 Å². The van der Waals surface area contributed by atoms with Crippen molar-refractivity contribution in [3.63, 3.8) is 0 Å². The second-order valence-electron chi connectivity index (χ2n) is 4.08. The molecule has 0 aliphatic rings. The number of nitrogens with zero attached hydrogens (tertiary/aromatic N) is 1. The number of rotatable bonds is 6. The van der Waals surface area contributed by atoms with Gasteiger partial charge in [-0.15, -0.1) is 0 Å². The lowest BCUT2D eigenvalue weighted by Gasteiger charge is -2.10. The minimum absolute atomic E-state index is 0.0767. The molecule has 1 atom stereocenters. The Balaban J connectivity index is 3.17. The summed E-state index contributed by atoms with van der Waals surface area (Å²) in [4.78, 5) is 18.7. The van der Waals surface area contributed by atoms with Crippen molar-refractivity contribution in [2.75, 3.05) is 6.54 Å². The first kappa shape index (κ1) is 16.9. The third-order valence-corrected chi connectivity index (χ3v) is 3.93. The number of nitrogens with one attached hydrogen (secondary N) is 1. The van der Waals surface area contributed by atoms with Crippen LogP contribution in [0.4, 0.5) is 14.5 Å². The molecule has 1 aromatic carbocycles. The molecule has 0 aliphatic heterocycles. The second-order valence-corrected chi connectivity index (χ2v) is 5.82. The van der Waals surface area contributed by atoms with Crippen molar-refractivity contribution >= 4 is 21.7 Å². The standard InChI is InChI=1S/C10H10F2N2O6S/c1-5(10(15)16)4-13-21(19,20)9-3-8(14(17)18)6(11)2-7(9)12/h2-3,5,13H,4H2,1H3,(H,15,16). The number of sulfonamides is 1. The molecule has 0 fully saturated rings. The molecule has 11 heteroatoms. The van der Waals surface area contributed by atoms with Gasteiger partial charge in [-0.1, -0.05) is 6.92 Å². The van der Waals surface area contributed by atoms with Gasteiger partial charge < -0.3 is 5.11 Å². The first-order valence-electron chi connectivity index (χ1n) is 5.42. The number of aliphatic carboxylic acids is 1. The molecule has 0 radical (unpaired) electrons. The molecule has 0 amide bonds. The maximum atomic E-state index is 13.5. The van der Waals surface area contributed by atoms with E-state index in [1.165, 1.54) is 6.92 Å². The topological polar surface area (TPSA) is 127 Å². The number of carbonyl (C=O) groups is 1. The van der Waals surface area contributed by atoms with E-state index in [9.17, 15) is 32.1 Å². The van der Waals surface area contributed by atoms with Crippen molar-refractivity contribution < 1.29 is 32.0 Å². The van der Waals surface area contributed by atoms with Crippen LogP contribution in [0.2, 0.25) is 0 Å². The summed E-state index contributed by atoms with van der Waals surface area (Å²) in [5.74, 6) is -5.43. The Bertz CT molecular complexity index is 691. The fraction of sp³-hybridized carbons (Fsp3) is 0.300. The van der Waals surface area contributed by atoms with Gasteiger partial charge in [0, 0.05) is 18.7 Å². The van der Waals surface area contributed by atoms with Crippen LogP contribution in [-0.4, -0.2) is 31.0 Å². The highest BCUT2D eigenvalue weighted by molar-refractivity contribution is 7.89. The van der Waals surface area contributed by atoms with Crippen LogP contribution >= 0.6 is 0 Å². The summed E-state index contributed by atoms with van der Waals surface area (Å²) in [6.45, 7) is 0.649. The molecule has 0 spiro atoms. The van der Waals surface area contributed by atoms with Crippen LogP contribution in [0.1, 0.15) is 6.92 Å². The molecule has 1 aromatic rings. The van der Waals surface area contributed by atoms with Gasteiger partial charge >= 0.3 is 11.7 Å². The van der Waals surface area contributed by atoms with E-state index in [-0.39, 0.29) is 12.1 Å². The van der Waals surface area contributed by atoms with Crippen LogP contribution in [0.15, 0.2) is 17.0 Å². The summed E-state index contributed by atoms with van der Waals surface area (Å²) in [6, 6.07) is 0.311. The smallest absolute Gasteiger partial charge is 0.307 e. The van der Waals surface area contributed by atoms with E-state index in [1.807, 2.05) is 0 Å². The predicted octanol–water partition coefficient (Wildman–Crippen LogP) is 0.872. The number of halogens is 2. The monoisotopic (exact) mass is 324 g/mol. The van der Waals surface area contributed by atoms with Crippen molar-refractivity contribution in [1.82, 2.24) is 4.72 Å². The zero-order chi connectivity index (χ0) is 16.4. The molecule has 21 heavy (non-hydrogen) atoms. The van der Waals surface area contributed by atoms with E-state index < -0.39 is 55.6 Å². The molecule has 0 aromatic heterocycles. The van der Waals surface area contributed by atoms with E-state index in [1.54, 1.807) is 4.72 Å². The van der Waals surface area contributed by atoms with Crippen molar-refractivity contribution in [2.24, 2.45) is 5.92 Å². The summed E-state index contributed by atoms with van der Waals surface area (Å²) in [5, 5.41) is 19.1. The average Bonchev–Trinajstić information content (AvgIpc) is 2.34. The van der Waals surface area contributed by atoms with Gasteiger partial charge in [0.2, 0.25) is 15.8 Å². The first-order valence-corrected chi connectivity index (χ1v) is 6.90. The Hall–Kier alpha value is -2.14. The molecular weight excluding hydrogens is 314 g/mol. The Morgan fingerprint density at radius 3 is 2.48 bits per heavy atom. The van der Waals surface area contributed by atoms with Crippen LogP contribution in [0.5, 0.6) is 0 Å². The largest absolute Gasteiger partial charge is 0.481 e. The lowest BCUT2D eigenvalue weighted by Crippen LogP contribution is -2.32. The fourth-order valence-corrected chi connectivity index (χ4v) is 2.47. The third-order valence-electron chi connectivity index (χ3n) is 2.49. The summed E-state index contributed by atoms with van der Waals surface area (Å²) in [6.07, 6.45) is 0. The minimum atomic E-state index is -4.55. The molecule has 8 nitrogen and oxygen atoms in total. The van der Waals surface area contributed by atoms with Gasteiger partial charge in [0.15, 0.2) is 0 Å². The number of carboxylic acid groups (broad SMARTS) is 1. The molecule has 2 N–H and O–H groups in total. The SMILES string of the molecule is CC(CNS(=O)(=O)c1cc([N+](=O)[O-])c(F)cc1F)C(=O)O. The van der Waals surface area contributed by atoms with Crippen LogP contribution in [0.3, 0.4) is 0 Å². The quantitative estimate of drug-likeness (QED) is 0.590. The van der Waals surface area contributed by atoms with Gasteiger partial charge in [0.1, 0.15) is 10.7 Å². The zero-order valence-electron chi connectivity index (χ0n) is 10.5. The molecule has 1 unspecified atom stereocenters. The molecule has 1 rings (SSSR count). The molecular formula is C10H10F2N2O6S. The van der Waals surface area contributed by atoms with Gasteiger partial charge in [0.25, 0.3) is 0 Å². The Kier molecular flexibility index (Phi) is 4.91. The van der Waals surface area contributed by atoms with Crippen molar-refractivity contribution in [2.45, 2.75) is 11.8 Å². The highest BCUT2D eigenvalue weighted by Gasteiger charge is 2.27. The van der Waals surface area contributed by atoms with Crippen LogP contribution in [-0.2, 0) is 14.8 Å². The molecule has 0 aliphatic carbocycles. The highest BCUT2D eigenvalue weighted by Crippen LogP contribution is 2.24. The molecule has 0 heterocycles. The van der Waals surface area contributed by atoms with Crippen molar-refractivity contribution in [1.29, 1.82) is 0 Å². The van der Waals surface area contributed by atoms with Gasteiger partial charge in [-0.05, 0) is 0 Å². The zero-order valence-corrected chi connectivity index (χ0v) is 11.4. The van der Waals surface area contributed by atoms with E-state index in [0.717, 1.165) is 0 Å². The van der Waals surface area contributed by atoms with E-state index in [4.69, 9.17) is 5.11 Å². The number of hydrogen-bond acceptors (Lipinski definition) is 5. The molecule has 116 valence electrons. The van der Waals surface area contributed by atoms with Crippen molar-refractivity contribution in [3.8, 4) is 0 Å². The van der Waals surface area contributed by atoms with Crippen LogP contribution in [0, 0.1) is 27.7 Å². The van der Waals surface area contributed by atoms with E-state index in [2.05, 4.69) is 0 Å². The highest BCUT2D eigenvalue weighted by atomic mass is 32.2. The summed E-state index contributed by atoms with van der Waals surface area (Å²) < 4.78 is 51.9. The van der Waals surface area contributed by atoms with E-state index in [0.29, 0.717) is 0 Å². The first-order chi connectivity index (χ1) is 9.56. The normalized spacial score (nSPS) is 12.9. The number of benzene rings is 1. The summed E-state index contributed by atoms with van der Waals surface area (Å²) in [5.41, 5.74) is -1.21. The molecule has 0 saturated carbocycles. The molecule has 0 bridgehead atoms. The third kappa shape index (κ3) is 3.92. The lowest BCUT2D eigenvalue weighted by atomic mass is 10.2. The summed E-state index contributed by atoms with van der Waals surface area (Å²) >= 11 is 0. The Labute approximate surface area is 117 Å². The van der Waals surface area contributed by atoms with Gasteiger partial charge in [-0.3, -0.25) is 14.9 Å². The predicted molar refractivity (Wildman–Crippen MR) is 65.0 cm³/mol. The Morgan fingerprint density at radius 2 is 2.00 bits per heavy atom. The second kappa shape index (κ2) is 6.10. The minimum Gasteiger partial charge on any atom is -0.481 e. The summed E-state index contributed by atoms with van der Waals surface area (Å²) in [7, 11) is -4.55. The van der Waals surface area contributed by atoms with Crippen LogP contribution in [0.25, 0.3) is 0 Å². The van der Waals surface area contributed by atoms with Gasteiger partial charge in [0.05, 0.1) is 10.8 Å².